The number of fused-ring (bicyclic) bond motifs is 1. The smallest absolute Gasteiger partial charge is 0.158 e. The summed E-state index contributed by atoms with van der Waals surface area (Å²) >= 11 is 0. The van der Waals surface area contributed by atoms with Crippen LogP contribution in [0.1, 0.15) is 47.9 Å². The number of rotatable bonds is 7. The molecular weight excluding hydrogens is 455 g/mol. The molecule has 1 saturated heterocycles. The van der Waals surface area contributed by atoms with E-state index < -0.39 is 0 Å². The number of nitrogen functional groups attached to an aromatic ring is 1. The van der Waals surface area contributed by atoms with Crippen LogP contribution in [0.2, 0.25) is 0 Å². The van der Waals surface area contributed by atoms with Crippen molar-refractivity contribution in [2.24, 2.45) is 0 Å². The fraction of sp³-hybridized carbons (Fsp3) is 0.333. The topological polar surface area (TPSA) is 79.0 Å². The number of likely N-dealkylation sites (tertiary alicyclic amines) is 1. The maximum atomic E-state index is 12.5. The third-order valence-electron chi connectivity index (χ3n) is 7.18. The van der Waals surface area contributed by atoms with E-state index in [9.17, 15) is 14.6 Å². The van der Waals surface area contributed by atoms with Gasteiger partial charge in [-0.1, -0.05) is 24.3 Å². The highest BCUT2D eigenvalue weighted by Gasteiger charge is 2.24. The van der Waals surface area contributed by atoms with Gasteiger partial charge in [-0.2, -0.15) is 0 Å². The first-order valence-corrected chi connectivity index (χ1v) is 12.7. The van der Waals surface area contributed by atoms with E-state index in [4.69, 9.17) is 10.5 Å². The molecule has 6 heteroatoms. The SMILES string of the molecule is Nc1ccc2c(c1)CCCC(c1ccc(O)c(O)c1)=C2c1ccc(OC2CCN(CCCF)C2)cc1. The van der Waals surface area contributed by atoms with Crippen LogP contribution in [0.3, 0.4) is 0 Å². The molecule has 3 aromatic rings. The van der Waals surface area contributed by atoms with E-state index in [0.29, 0.717) is 6.42 Å². The number of nitrogens with zero attached hydrogens (tertiary/aromatic N) is 1. The predicted octanol–water partition coefficient (Wildman–Crippen LogP) is 5.79. The molecule has 4 N–H and O–H groups in total. The molecule has 1 heterocycles. The molecule has 0 spiro atoms. The van der Waals surface area contributed by atoms with Crippen LogP contribution in [0.15, 0.2) is 60.7 Å². The number of phenolic OH excluding ortho intramolecular Hbond substituents is 2. The highest BCUT2D eigenvalue weighted by molar-refractivity contribution is 6.00. The minimum atomic E-state index is -0.277. The molecule has 1 unspecified atom stereocenters. The number of benzene rings is 3. The molecule has 36 heavy (non-hydrogen) atoms. The number of allylic oxidation sites excluding steroid dienone is 1. The number of ether oxygens (including phenoxy) is 1. The van der Waals surface area contributed by atoms with E-state index in [2.05, 4.69) is 29.2 Å². The number of alkyl halides is 1. The Morgan fingerprint density at radius 1 is 0.944 bits per heavy atom. The fourth-order valence-electron chi connectivity index (χ4n) is 5.41. The molecule has 1 fully saturated rings. The highest BCUT2D eigenvalue weighted by Crippen LogP contribution is 2.42. The van der Waals surface area contributed by atoms with Crippen molar-refractivity contribution >= 4 is 16.8 Å². The Balaban J connectivity index is 1.48. The quantitative estimate of drug-likeness (QED) is 0.290. The van der Waals surface area contributed by atoms with Crippen LogP contribution in [0.25, 0.3) is 11.1 Å². The van der Waals surface area contributed by atoms with Crippen LogP contribution in [-0.4, -0.2) is 47.5 Å². The molecule has 188 valence electrons. The molecule has 0 aromatic heterocycles. The Hall–Kier alpha value is -3.51. The molecule has 0 saturated carbocycles. The summed E-state index contributed by atoms with van der Waals surface area (Å²) in [6.07, 6.45) is 4.35. The third-order valence-corrected chi connectivity index (χ3v) is 7.18. The molecule has 1 aliphatic carbocycles. The normalized spacial score (nSPS) is 18.2. The van der Waals surface area contributed by atoms with Crippen LogP contribution in [0.4, 0.5) is 10.1 Å². The number of aryl methyl sites for hydroxylation is 1. The minimum absolute atomic E-state index is 0.117. The average Bonchev–Trinajstić information content (AvgIpc) is 3.23. The van der Waals surface area contributed by atoms with E-state index in [0.717, 1.165) is 84.6 Å². The number of aromatic hydroxyl groups is 2. The Morgan fingerprint density at radius 3 is 2.53 bits per heavy atom. The van der Waals surface area contributed by atoms with Gasteiger partial charge < -0.3 is 20.7 Å². The largest absolute Gasteiger partial charge is 0.504 e. The number of phenols is 2. The van der Waals surface area contributed by atoms with E-state index >= 15 is 0 Å². The van der Waals surface area contributed by atoms with Gasteiger partial charge in [-0.3, -0.25) is 9.29 Å². The van der Waals surface area contributed by atoms with Crippen LogP contribution < -0.4 is 10.5 Å². The zero-order valence-corrected chi connectivity index (χ0v) is 20.4. The first kappa shape index (κ1) is 24.2. The monoisotopic (exact) mass is 488 g/mol. The van der Waals surface area contributed by atoms with E-state index in [1.807, 2.05) is 24.3 Å². The van der Waals surface area contributed by atoms with Crippen molar-refractivity contribution < 1.29 is 19.3 Å². The van der Waals surface area contributed by atoms with Gasteiger partial charge in [0.25, 0.3) is 0 Å². The number of nitrogens with two attached hydrogens (primary N) is 1. The van der Waals surface area contributed by atoms with Gasteiger partial charge >= 0.3 is 0 Å². The summed E-state index contributed by atoms with van der Waals surface area (Å²) in [5.74, 6) is 0.577. The Bertz CT molecular complexity index is 1260. The Kier molecular flexibility index (Phi) is 7.14. The van der Waals surface area contributed by atoms with Crippen LogP contribution in [-0.2, 0) is 6.42 Å². The summed E-state index contributed by atoms with van der Waals surface area (Å²) in [6.45, 7) is 2.28. The highest BCUT2D eigenvalue weighted by atomic mass is 19.1. The van der Waals surface area contributed by atoms with Gasteiger partial charge in [0, 0.05) is 25.3 Å². The molecule has 5 rings (SSSR count). The van der Waals surface area contributed by atoms with Crippen molar-refractivity contribution in [1.82, 2.24) is 4.90 Å². The molecule has 1 aliphatic heterocycles. The van der Waals surface area contributed by atoms with Crippen molar-refractivity contribution in [1.29, 1.82) is 0 Å². The first-order chi connectivity index (χ1) is 17.5. The predicted molar refractivity (Wildman–Crippen MR) is 142 cm³/mol. The maximum absolute atomic E-state index is 12.5. The second-order valence-corrected chi connectivity index (χ2v) is 9.72. The summed E-state index contributed by atoms with van der Waals surface area (Å²) in [6, 6.07) is 19.3. The lowest BCUT2D eigenvalue weighted by Gasteiger charge is -2.19. The van der Waals surface area contributed by atoms with Crippen LogP contribution in [0, 0.1) is 0 Å². The Morgan fingerprint density at radius 2 is 1.75 bits per heavy atom. The Labute approximate surface area is 211 Å². The van der Waals surface area contributed by atoms with Gasteiger partial charge in [-0.05, 0) is 102 Å². The molecule has 0 bridgehead atoms. The zero-order valence-electron chi connectivity index (χ0n) is 20.4. The molecule has 0 radical (unpaired) electrons. The van der Waals surface area contributed by atoms with Crippen LogP contribution >= 0.6 is 0 Å². The van der Waals surface area contributed by atoms with E-state index in [1.165, 1.54) is 5.56 Å². The van der Waals surface area contributed by atoms with Crippen molar-refractivity contribution in [2.45, 2.75) is 38.2 Å². The summed E-state index contributed by atoms with van der Waals surface area (Å²) in [5, 5.41) is 20.1. The fourth-order valence-corrected chi connectivity index (χ4v) is 5.41. The maximum Gasteiger partial charge on any atom is 0.158 e. The third kappa shape index (κ3) is 5.19. The standard InChI is InChI=1S/C30H33FN2O3/c31-14-2-15-33-16-13-25(19-33)36-24-9-5-20(6-10-24)30-26(22-7-12-28(34)29(35)18-22)4-1-3-21-17-23(32)8-11-27(21)30/h5-12,17-18,25,34-35H,1-4,13-16,19,32H2. The average molecular weight is 489 g/mol. The second kappa shape index (κ2) is 10.6. The first-order valence-electron chi connectivity index (χ1n) is 12.7. The van der Waals surface area contributed by atoms with E-state index in [1.54, 1.807) is 12.1 Å². The molecule has 1 atom stereocenters. The second-order valence-electron chi connectivity index (χ2n) is 9.72. The lowest BCUT2D eigenvalue weighted by atomic mass is 9.87. The summed E-state index contributed by atoms with van der Waals surface area (Å²) in [7, 11) is 0. The number of hydrogen-bond donors (Lipinski definition) is 3. The molecule has 3 aromatic carbocycles. The van der Waals surface area contributed by atoms with Gasteiger partial charge in [0.05, 0.1) is 6.67 Å². The van der Waals surface area contributed by atoms with Gasteiger partial charge in [0.15, 0.2) is 11.5 Å². The number of anilines is 1. The molecule has 5 nitrogen and oxygen atoms in total. The van der Waals surface area contributed by atoms with Crippen molar-refractivity contribution in [2.75, 3.05) is 32.0 Å². The lowest BCUT2D eigenvalue weighted by Crippen LogP contribution is -2.26. The zero-order chi connectivity index (χ0) is 25.1. The number of halogens is 1. The summed E-state index contributed by atoms with van der Waals surface area (Å²) < 4.78 is 18.8. The van der Waals surface area contributed by atoms with Gasteiger partial charge in [0.2, 0.25) is 0 Å². The van der Waals surface area contributed by atoms with Gasteiger partial charge in [-0.25, -0.2) is 0 Å². The van der Waals surface area contributed by atoms with E-state index in [-0.39, 0.29) is 24.3 Å². The van der Waals surface area contributed by atoms with Gasteiger partial charge in [-0.15, -0.1) is 0 Å². The molecule has 2 aliphatic rings. The van der Waals surface area contributed by atoms with Crippen molar-refractivity contribution in [3.63, 3.8) is 0 Å². The van der Waals surface area contributed by atoms with Crippen LogP contribution in [0.5, 0.6) is 17.2 Å². The summed E-state index contributed by atoms with van der Waals surface area (Å²) in [5.41, 5.74) is 13.4. The molecular formula is C30H33FN2O3. The lowest BCUT2D eigenvalue weighted by molar-refractivity contribution is 0.198. The van der Waals surface area contributed by atoms with Crippen molar-refractivity contribution in [3.05, 3.63) is 82.9 Å². The summed E-state index contributed by atoms with van der Waals surface area (Å²) in [4.78, 5) is 2.26. The number of hydrogen-bond acceptors (Lipinski definition) is 5. The van der Waals surface area contributed by atoms with Gasteiger partial charge in [0.1, 0.15) is 11.9 Å². The van der Waals surface area contributed by atoms with Crippen molar-refractivity contribution in [3.8, 4) is 17.2 Å². The molecule has 0 amide bonds. The minimum Gasteiger partial charge on any atom is -0.504 e.